The van der Waals surface area contributed by atoms with E-state index in [0.29, 0.717) is 5.92 Å². The second-order valence-electron chi connectivity index (χ2n) is 6.93. The summed E-state index contributed by atoms with van der Waals surface area (Å²) >= 11 is 0. The largest absolute Gasteiger partial charge is 0.496 e. The van der Waals surface area contributed by atoms with Gasteiger partial charge in [-0.25, -0.2) is 0 Å². The number of hydrogen-bond donors (Lipinski definition) is 1. The molecule has 1 N–H and O–H groups in total. The highest BCUT2D eigenvalue weighted by Crippen LogP contribution is 2.33. The maximum Gasteiger partial charge on any atom is 0.122 e. The van der Waals surface area contributed by atoms with Crippen LogP contribution < -0.4 is 9.47 Å². The van der Waals surface area contributed by atoms with Gasteiger partial charge in [0.05, 0.1) is 7.11 Å². The standard InChI is InChI=1S/C22H26N2O2/c1-25-22-5-3-2-4-20(22)17-9-12-24(13-10-17)14-15-26-19-6-7-21-18(16-19)8-11-23-21/h2-8,11,16-17,23H,9-10,12-15H2,1H3. The van der Waals surface area contributed by atoms with Gasteiger partial charge in [0, 0.05) is 23.6 Å². The third-order valence-electron chi connectivity index (χ3n) is 5.37. The summed E-state index contributed by atoms with van der Waals surface area (Å²) in [5, 5.41) is 1.19. The third-order valence-corrected chi connectivity index (χ3v) is 5.37. The number of aromatic nitrogens is 1. The van der Waals surface area contributed by atoms with Crippen molar-refractivity contribution >= 4 is 10.9 Å². The van der Waals surface area contributed by atoms with Gasteiger partial charge in [0.1, 0.15) is 18.1 Å². The first kappa shape index (κ1) is 17.0. The highest BCUT2D eigenvalue weighted by atomic mass is 16.5. The summed E-state index contributed by atoms with van der Waals surface area (Å²) in [6.45, 7) is 3.94. The second kappa shape index (κ2) is 7.83. The van der Waals surface area contributed by atoms with Gasteiger partial charge < -0.3 is 14.5 Å². The van der Waals surface area contributed by atoms with Crippen molar-refractivity contribution in [2.45, 2.75) is 18.8 Å². The number of para-hydroxylation sites is 1. The Bertz CT molecular complexity index is 850. The molecular weight excluding hydrogens is 324 g/mol. The molecule has 4 rings (SSSR count). The zero-order chi connectivity index (χ0) is 17.8. The molecule has 2 heterocycles. The Morgan fingerprint density at radius 3 is 2.77 bits per heavy atom. The molecule has 0 atom stereocenters. The number of benzene rings is 2. The molecule has 26 heavy (non-hydrogen) atoms. The van der Waals surface area contributed by atoms with Crippen LogP contribution in [0.5, 0.6) is 11.5 Å². The molecule has 0 bridgehead atoms. The highest BCUT2D eigenvalue weighted by Gasteiger charge is 2.22. The number of aromatic amines is 1. The lowest BCUT2D eigenvalue weighted by atomic mass is 9.89. The van der Waals surface area contributed by atoms with E-state index < -0.39 is 0 Å². The van der Waals surface area contributed by atoms with Crippen LogP contribution in [0, 0.1) is 0 Å². The van der Waals surface area contributed by atoms with Crippen LogP contribution in [0.15, 0.2) is 54.7 Å². The van der Waals surface area contributed by atoms with Crippen LogP contribution in [-0.4, -0.2) is 43.2 Å². The first-order valence-corrected chi connectivity index (χ1v) is 9.39. The quantitative estimate of drug-likeness (QED) is 0.714. The van der Waals surface area contributed by atoms with Gasteiger partial charge in [0.2, 0.25) is 0 Å². The predicted octanol–water partition coefficient (Wildman–Crippen LogP) is 4.43. The van der Waals surface area contributed by atoms with E-state index in [2.05, 4.69) is 46.3 Å². The van der Waals surface area contributed by atoms with E-state index in [1.54, 1.807) is 7.11 Å². The molecule has 136 valence electrons. The summed E-state index contributed by atoms with van der Waals surface area (Å²) in [4.78, 5) is 5.71. The zero-order valence-corrected chi connectivity index (χ0v) is 15.3. The number of rotatable bonds is 6. The number of nitrogens with zero attached hydrogens (tertiary/aromatic N) is 1. The first-order valence-electron chi connectivity index (χ1n) is 9.39. The molecular formula is C22H26N2O2. The smallest absolute Gasteiger partial charge is 0.122 e. The molecule has 1 aliphatic heterocycles. The Kier molecular flexibility index (Phi) is 5.12. The first-order chi connectivity index (χ1) is 12.8. The zero-order valence-electron chi connectivity index (χ0n) is 15.3. The van der Waals surface area contributed by atoms with E-state index in [4.69, 9.17) is 9.47 Å². The Hall–Kier alpha value is -2.46. The van der Waals surface area contributed by atoms with E-state index in [0.717, 1.165) is 43.3 Å². The summed E-state index contributed by atoms with van der Waals surface area (Å²) in [5.74, 6) is 2.56. The van der Waals surface area contributed by atoms with Gasteiger partial charge >= 0.3 is 0 Å². The Balaban J connectivity index is 1.26. The van der Waals surface area contributed by atoms with Gasteiger partial charge in [-0.2, -0.15) is 0 Å². The number of nitrogens with one attached hydrogen (secondary N) is 1. The molecule has 1 saturated heterocycles. The molecule has 0 amide bonds. The summed E-state index contributed by atoms with van der Waals surface area (Å²) in [7, 11) is 1.76. The monoisotopic (exact) mass is 350 g/mol. The lowest BCUT2D eigenvalue weighted by molar-refractivity contribution is 0.172. The topological polar surface area (TPSA) is 37.5 Å². The Morgan fingerprint density at radius 2 is 1.92 bits per heavy atom. The van der Waals surface area contributed by atoms with E-state index in [9.17, 15) is 0 Å². The fraction of sp³-hybridized carbons (Fsp3) is 0.364. The minimum Gasteiger partial charge on any atom is -0.496 e. The second-order valence-corrected chi connectivity index (χ2v) is 6.93. The van der Waals surface area contributed by atoms with Crippen molar-refractivity contribution in [2.75, 3.05) is 33.4 Å². The van der Waals surface area contributed by atoms with Crippen molar-refractivity contribution in [3.8, 4) is 11.5 Å². The number of piperidine rings is 1. The molecule has 0 saturated carbocycles. The molecule has 1 fully saturated rings. The average molecular weight is 350 g/mol. The van der Waals surface area contributed by atoms with Crippen LogP contribution in [0.1, 0.15) is 24.3 Å². The highest BCUT2D eigenvalue weighted by molar-refractivity contribution is 5.80. The van der Waals surface area contributed by atoms with Gasteiger partial charge in [-0.15, -0.1) is 0 Å². The summed E-state index contributed by atoms with van der Waals surface area (Å²) in [6.07, 6.45) is 4.31. The summed E-state index contributed by atoms with van der Waals surface area (Å²) < 4.78 is 11.5. The van der Waals surface area contributed by atoms with Gasteiger partial charge in [0.25, 0.3) is 0 Å². The fourth-order valence-electron chi connectivity index (χ4n) is 3.89. The lowest BCUT2D eigenvalue weighted by Crippen LogP contribution is -2.35. The molecule has 4 nitrogen and oxygen atoms in total. The van der Waals surface area contributed by atoms with Gasteiger partial charge in [-0.05, 0) is 67.7 Å². The lowest BCUT2D eigenvalue weighted by Gasteiger charge is -2.32. The van der Waals surface area contributed by atoms with Crippen molar-refractivity contribution in [1.82, 2.24) is 9.88 Å². The maximum atomic E-state index is 5.96. The van der Waals surface area contributed by atoms with Crippen molar-refractivity contribution in [3.05, 3.63) is 60.3 Å². The van der Waals surface area contributed by atoms with Gasteiger partial charge in [0.15, 0.2) is 0 Å². The molecule has 1 aromatic heterocycles. The van der Waals surface area contributed by atoms with Gasteiger partial charge in [-0.3, -0.25) is 4.90 Å². The number of H-pyrrole nitrogens is 1. The van der Waals surface area contributed by atoms with Crippen LogP contribution in [0.4, 0.5) is 0 Å². The van der Waals surface area contributed by atoms with Crippen molar-refractivity contribution < 1.29 is 9.47 Å². The molecule has 4 heteroatoms. The molecule has 2 aromatic carbocycles. The van der Waals surface area contributed by atoms with Crippen LogP contribution in [-0.2, 0) is 0 Å². The molecule has 0 unspecified atom stereocenters. The van der Waals surface area contributed by atoms with Crippen LogP contribution in [0.25, 0.3) is 10.9 Å². The molecule has 1 aliphatic rings. The minimum absolute atomic E-state index is 0.597. The Labute approximate surface area is 154 Å². The van der Waals surface area contributed by atoms with Crippen molar-refractivity contribution in [1.29, 1.82) is 0 Å². The molecule has 3 aromatic rings. The van der Waals surface area contributed by atoms with Crippen LogP contribution in [0.3, 0.4) is 0 Å². The van der Waals surface area contributed by atoms with E-state index in [1.165, 1.54) is 23.8 Å². The van der Waals surface area contributed by atoms with E-state index >= 15 is 0 Å². The SMILES string of the molecule is COc1ccccc1C1CCN(CCOc2ccc3[nH]ccc3c2)CC1. The molecule has 0 spiro atoms. The van der Waals surface area contributed by atoms with E-state index in [-0.39, 0.29) is 0 Å². The van der Waals surface area contributed by atoms with Crippen molar-refractivity contribution in [2.24, 2.45) is 0 Å². The van der Waals surface area contributed by atoms with Crippen LogP contribution in [0.2, 0.25) is 0 Å². The number of methoxy groups -OCH3 is 1. The Morgan fingerprint density at radius 1 is 1.08 bits per heavy atom. The number of hydrogen-bond acceptors (Lipinski definition) is 3. The van der Waals surface area contributed by atoms with Crippen molar-refractivity contribution in [3.63, 3.8) is 0 Å². The summed E-state index contributed by atoms with van der Waals surface area (Å²) in [5.41, 5.74) is 2.50. The normalized spacial score (nSPS) is 16.0. The predicted molar refractivity (Wildman–Crippen MR) is 105 cm³/mol. The summed E-state index contributed by atoms with van der Waals surface area (Å²) in [6, 6.07) is 16.7. The number of ether oxygens (including phenoxy) is 2. The third kappa shape index (κ3) is 3.70. The average Bonchev–Trinajstić information content (AvgIpc) is 3.16. The number of likely N-dealkylation sites (tertiary alicyclic amines) is 1. The van der Waals surface area contributed by atoms with Gasteiger partial charge in [-0.1, -0.05) is 18.2 Å². The molecule has 0 radical (unpaired) electrons. The minimum atomic E-state index is 0.597. The number of fused-ring (bicyclic) bond motifs is 1. The fourth-order valence-corrected chi connectivity index (χ4v) is 3.89. The molecule has 0 aliphatic carbocycles. The van der Waals surface area contributed by atoms with Crippen LogP contribution >= 0.6 is 0 Å². The maximum absolute atomic E-state index is 5.96. The van der Waals surface area contributed by atoms with E-state index in [1.807, 2.05) is 18.3 Å².